The number of nitrogens with zero attached hydrogens (tertiary/aromatic N) is 2. The van der Waals surface area contributed by atoms with Gasteiger partial charge in [-0.15, -0.1) is 0 Å². The Balaban J connectivity index is 2.12. The van der Waals surface area contributed by atoms with Crippen molar-refractivity contribution in [2.45, 2.75) is 19.9 Å². The molecule has 0 radical (unpaired) electrons. The first-order chi connectivity index (χ1) is 9.11. The van der Waals surface area contributed by atoms with E-state index in [0.717, 1.165) is 11.3 Å². The normalized spacial score (nSPS) is 11.9. The van der Waals surface area contributed by atoms with Crippen molar-refractivity contribution >= 4 is 11.6 Å². The number of amides is 1. The topological polar surface area (TPSA) is 82.7 Å². The van der Waals surface area contributed by atoms with Crippen LogP contribution in [0, 0.1) is 6.92 Å². The summed E-state index contributed by atoms with van der Waals surface area (Å²) in [5, 5.41) is 12.4. The number of nitrogens with one attached hydrogen (secondary N) is 3. The molecule has 2 aromatic rings. The second-order valence-electron chi connectivity index (χ2n) is 4.35. The number of aromatic nitrogens is 3. The van der Waals surface area contributed by atoms with Gasteiger partial charge in [0, 0.05) is 18.3 Å². The van der Waals surface area contributed by atoms with Gasteiger partial charge in [0.2, 0.25) is 0 Å². The maximum absolute atomic E-state index is 12.2. The van der Waals surface area contributed by atoms with Crippen molar-refractivity contribution in [3.8, 4) is 0 Å². The van der Waals surface area contributed by atoms with Crippen molar-refractivity contribution in [1.82, 2.24) is 20.5 Å². The van der Waals surface area contributed by atoms with Gasteiger partial charge in [0.25, 0.3) is 5.91 Å². The summed E-state index contributed by atoms with van der Waals surface area (Å²) < 4.78 is 0. The average Bonchev–Trinajstić information content (AvgIpc) is 2.92. The smallest absolute Gasteiger partial charge is 0.252 e. The molecule has 0 saturated carbocycles. The fraction of sp³-hybridized carbons (Fsp3) is 0.308. The third kappa shape index (κ3) is 2.90. The number of aryl methyl sites for hydroxylation is 1. The lowest BCUT2D eigenvalue weighted by atomic mass is 10.1. The maximum Gasteiger partial charge on any atom is 0.252 e. The number of aromatic amines is 1. The Hall–Kier alpha value is -2.37. The predicted molar refractivity (Wildman–Crippen MR) is 73.0 cm³/mol. The molecule has 6 nitrogen and oxygen atoms in total. The van der Waals surface area contributed by atoms with Crippen LogP contribution in [0.3, 0.4) is 0 Å². The molecule has 19 heavy (non-hydrogen) atoms. The number of H-pyrrole nitrogens is 1. The fourth-order valence-corrected chi connectivity index (χ4v) is 1.84. The van der Waals surface area contributed by atoms with Crippen LogP contribution in [0.15, 0.2) is 24.5 Å². The Kier molecular flexibility index (Phi) is 3.79. The summed E-state index contributed by atoms with van der Waals surface area (Å²) >= 11 is 0. The van der Waals surface area contributed by atoms with Crippen molar-refractivity contribution in [2.24, 2.45) is 0 Å². The van der Waals surface area contributed by atoms with Gasteiger partial charge in [0.15, 0.2) is 0 Å². The average molecular weight is 259 g/mol. The van der Waals surface area contributed by atoms with Crippen LogP contribution >= 0.6 is 0 Å². The quantitative estimate of drug-likeness (QED) is 0.779. The minimum atomic E-state index is -0.210. The molecule has 0 bridgehead atoms. The predicted octanol–water partition coefficient (Wildman–Crippen LogP) is 1.65. The highest BCUT2D eigenvalue weighted by Crippen LogP contribution is 2.15. The van der Waals surface area contributed by atoms with Crippen LogP contribution in [0.2, 0.25) is 0 Å². The molecule has 0 aliphatic carbocycles. The molecule has 1 aromatic heterocycles. The molecule has 0 saturated heterocycles. The molecule has 0 fully saturated rings. The fourth-order valence-electron chi connectivity index (χ4n) is 1.84. The van der Waals surface area contributed by atoms with Crippen LogP contribution in [0.25, 0.3) is 0 Å². The SMILES string of the molecule is CNc1ccc(C(=O)NC(C)c2ncn[nH]2)c(C)c1. The maximum atomic E-state index is 12.2. The van der Waals surface area contributed by atoms with Gasteiger partial charge in [-0.1, -0.05) is 0 Å². The summed E-state index contributed by atoms with van der Waals surface area (Å²) in [6, 6.07) is 5.41. The summed E-state index contributed by atoms with van der Waals surface area (Å²) in [6.07, 6.45) is 1.42. The van der Waals surface area contributed by atoms with E-state index < -0.39 is 0 Å². The molecule has 1 atom stereocenters. The van der Waals surface area contributed by atoms with Gasteiger partial charge in [-0.25, -0.2) is 4.98 Å². The molecular formula is C13H17N5O. The van der Waals surface area contributed by atoms with Crippen LogP contribution in [0.1, 0.15) is 34.7 Å². The van der Waals surface area contributed by atoms with Crippen molar-refractivity contribution < 1.29 is 4.79 Å². The molecule has 1 unspecified atom stereocenters. The highest BCUT2D eigenvalue weighted by Gasteiger charge is 2.15. The number of carbonyl (C=O) groups is 1. The molecule has 1 heterocycles. The van der Waals surface area contributed by atoms with Gasteiger partial charge in [-0.05, 0) is 37.6 Å². The zero-order chi connectivity index (χ0) is 13.8. The van der Waals surface area contributed by atoms with Crippen LogP contribution in [0.5, 0.6) is 0 Å². The molecule has 2 rings (SSSR count). The number of rotatable bonds is 4. The molecule has 0 aliphatic rings. The lowest BCUT2D eigenvalue weighted by Crippen LogP contribution is -2.28. The van der Waals surface area contributed by atoms with Gasteiger partial charge in [-0.3, -0.25) is 9.89 Å². The third-order valence-corrected chi connectivity index (χ3v) is 2.95. The van der Waals surface area contributed by atoms with Crippen molar-refractivity contribution in [1.29, 1.82) is 0 Å². The minimum absolute atomic E-state index is 0.121. The van der Waals surface area contributed by atoms with E-state index in [1.165, 1.54) is 6.33 Å². The second-order valence-corrected chi connectivity index (χ2v) is 4.35. The van der Waals surface area contributed by atoms with E-state index in [9.17, 15) is 4.79 Å². The lowest BCUT2D eigenvalue weighted by molar-refractivity contribution is 0.0938. The number of hydrogen-bond acceptors (Lipinski definition) is 4. The van der Waals surface area contributed by atoms with E-state index in [4.69, 9.17) is 0 Å². The largest absolute Gasteiger partial charge is 0.388 e. The molecule has 1 amide bonds. The number of benzene rings is 1. The highest BCUT2D eigenvalue weighted by molar-refractivity contribution is 5.96. The van der Waals surface area contributed by atoms with Gasteiger partial charge >= 0.3 is 0 Å². The van der Waals surface area contributed by atoms with Crippen LogP contribution in [-0.4, -0.2) is 28.1 Å². The van der Waals surface area contributed by atoms with Gasteiger partial charge in [-0.2, -0.15) is 5.10 Å². The summed E-state index contributed by atoms with van der Waals surface area (Å²) in [7, 11) is 1.85. The first-order valence-corrected chi connectivity index (χ1v) is 6.06. The molecule has 6 heteroatoms. The molecular weight excluding hydrogens is 242 g/mol. The standard InChI is InChI=1S/C13H17N5O/c1-8-6-10(14-3)4-5-11(8)13(19)17-9(2)12-15-7-16-18-12/h4-7,9,14H,1-3H3,(H,17,19)(H,15,16,18). The Morgan fingerprint density at radius 3 is 2.79 bits per heavy atom. The van der Waals surface area contributed by atoms with E-state index in [2.05, 4.69) is 25.8 Å². The van der Waals surface area contributed by atoms with E-state index >= 15 is 0 Å². The first-order valence-electron chi connectivity index (χ1n) is 6.06. The van der Waals surface area contributed by atoms with Gasteiger partial charge in [0.05, 0.1) is 6.04 Å². The van der Waals surface area contributed by atoms with E-state index in [0.29, 0.717) is 11.4 Å². The Morgan fingerprint density at radius 1 is 1.42 bits per heavy atom. The number of hydrogen-bond donors (Lipinski definition) is 3. The van der Waals surface area contributed by atoms with Gasteiger partial charge in [0.1, 0.15) is 12.2 Å². The second kappa shape index (κ2) is 5.51. The number of anilines is 1. The van der Waals surface area contributed by atoms with E-state index in [1.807, 2.05) is 39.1 Å². The highest BCUT2D eigenvalue weighted by atomic mass is 16.1. The van der Waals surface area contributed by atoms with Gasteiger partial charge < -0.3 is 10.6 Å². The summed E-state index contributed by atoms with van der Waals surface area (Å²) in [5.74, 6) is 0.516. The van der Waals surface area contributed by atoms with Crippen LogP contribution < -0.4 is 10.6 Å². The zero-order valence-electron chi connectivity index (χ0n) is 11.2. The van der Waals surface area contributed by atoms with Crippen LogP contribution in [0.4, 0.5) is 5.69 Å². The van der Waals surface area contributed by atoms with E-state index in [-0.39, 0.29) is 11.9 Å². The van der Waals surface area contributed by atoms with Crippen molar-refractivity contribution in [3.63, 3.8) is 0 Å². The van der Waals surface area contributed by atoms with Crippen LogP contribution in [-0.2, 0) is 0 Å². The third-order valence-electron chi connectivity index (χ3n) is 2.95. The minimum Gasteiger partial charge on any atom is -0.388 e. The molecule has 0 spiro atoms. The molecule has 1 aromatic carbocycles. The summed E-state index contributed by atoms with van der Waals surface area (Å²) in [5.41, 5.74) is 2.57. The Morgan fingerprint density at radius 2 is 2.21 bits per heavy atom. The van der Waals surface area contributed by atoms with Crippen molar-refractivity contribution in [3.05, 3.63) is 41.5 Å². The Bertz CT molecular complexity index is 564. The molecule has 100 valence electrons. The monoisotopic (exact) mass is 259 g/mol. The van der Waals surface area contributed by atoms with E-state index in [1.54, 1.807) is 0 Å². The first kappa shape index (κ1) is 13.1. The Labute approximate surface area is 111 Å². The summed E-state index contributed by atoms with van der Waals surface area (Å²) in [4.78, 5) is 16.2. The molecule has 3 N–H and O–H groups in total. The lowest BCUT2D eigenvalue weighted by Gasteiger charge is -2.13. The number of carbonyl (C=O) groups excluding carboxylic acids is 1. The zero-order valence-corrected chi connectivity index (χ0v) is 11.2. The van der Waals surface area contributed by atoms with Crippen molar-refractivity contribution in [2.75, 3.05) is 12.4 Å². The molecule has 0 aliphatic heterocycles. The summed E-state index contributed by atoms with van der Waals surface area (Å²) in [6.45, 7) is 3.77.